The lowest BCUT2D eigenvalue weighted by Gasteiger charge is -2.08. The summed E-state index contributed by atoms with van der Waals surface area (Å²) >= 11 is 0. The van der Waals surface area contributed by atoms with Gasteiger partial charge in [-0.05, 0) is 29.8 Å². The first-order valence-electron chi connectivity index (χ1n) is 8.71. The second-order valence-electron chi connectivity index (χ2n) is 6.37. The first kappa shape index (κ1) is 17.9. The van der Waals surface area contributed by atoms with Crippen molar-refractivity contribution in [2.24, 2.45) is 0 Å². The molecule has 4 rings (SSSR count). The lowest BCUT2D eigenvalue weighted by atomic mass is 10.1. The van der Waals surface area contributed by atoms with Gasteiger partial charge in [0.05, 0.1) is 26.0 Å². The zero-order valence-corrected chi connectivity index (χ0v) is 15.2. The average molecular weight is 379 g/mol. The zero-order valence-electron chi connectivity index (χ0n) is 15.2. The van der Waals surface area contributed by atoms with Crippen LogP contribution in [-0.4, -0.2) is 26.4 Å². The predicted molar refractivity (Wildman–Crippen MR) is 103 cm³/mol. The summed E-state index contributed by atoms with van der Waals surface area (Å²) in [6.45, 7) is -0.0361. The minimum atomic E-state index is -0.408. The molecule has 2 aromatic heterocycles. The molecule has 0 amide bonds. The molecule has 1 N–H and O–H groups in total. The van der Waals surface area contributed by atoms with Gasteiger partial charge in [-0.1, -0.05) is 24.3 Å². The van der Waals surface area contributed by atoms with Crippen LogP contribution in [0, 0.1) is 5.82 Å². The third-order valence-electron chi connectivity index (χ3n) is 4.60. The van der Waals surface area contributed by atoms with Crippen LogP contribution in [-0.2, 0) is 13.2 Å². The average Bonchev–Trinajstić information content (AvgIpc) is 3.10. The van der Waals surface area contributed by atoms with E-state index in [0.29, 0.717) is 29.1 Å². The summed E-state index contributed by atoms with van der Waals surface area (Å²) < 4.78 is 21.8. The Morgan fingerprint density at radius 3 is 2.71 bits per heavy atom. The van der Waals surface area contributed by atoms with Gasteiger partial charge in [-0.3, -0.25) is 4.79 Å². The van der Waals surface area contributed by atoms with Gasteiger partial charge >= 0.3 is 0 Å². The van der Waals surface area contributed by atoms with Gasteiger partial charge in [0.15, 0.2) is 0 Å². The molecule has 28 heavy (non-hydrogen) atoms. The first-order valence-corrected chi connectivity index (χ1v) is 8.71. The summed E-state index contributed by atoms with van der Waals surface area (Å²) in [6, 6.07) is 13.4. The Morgan fingerprint density at radius 2 is 1.96 bits per heavy atom. The fourth-order valence-corrected chi connectivity index (χ4v) is 3.26. The van der Waals surface area contributed by atoms with Gasteiger partial charge < -0.3 is 14.4 Å². The number of fused-ring (bicyclic) bond motifs is 1. The molecule has 0 aliphatic carbocycles. The first-order chi connectivity index (χ1) is 13.6. The number of rotatable bonds is 5. The van der Waals surface area contributed by atoms with Gasteiger partial charge in [0.2, 0.25) is 0 Å². The normalized spacial score (nSPS) is 11.1. The van der Waals surface area contributed by atoms with Crippen LogP contribution in [0.1, 0.15) is 11.1 Å². The molecule has 0 atom stereocenters. The number of aliphatic hydroxyl groups excluding tert-OH is 1. The lowest BCUT2D eigenvalue weighted by Crippen LogP contribution is -2.22. The minimum absolute atomic E-state index is 0.271. The van der Waals surface area contributed by atoms with E-state index >= 15 is 0 Å². The van der Waals surface area contributed by atoms with Crippen molar-refractivity contribution in [3.8, 4) is 17.0 Å². The van der Waals surface area contributed by atoms with Crippen molar-refractivity contribution < 1.29 is 14.2 Å². The van der Waals surface area contributed by atoms with Crippen molar-refractivity contribution in [2.75, 3.05) is 7.11 Å². The van der Waals surface area contributed by atoms with E-state index in [9.17, 15) is 14.3 Å². The van der Waals surface area contributed by atoms with Crippen LogP contribution in [0.4, 0.5) is 4.39 Å². The maximum absolute atomic E-state index is 13.6. The van der Waals surface area contributed by atoms with Crippen molar-refractivity contribution in [1.82, 2.24) is 14.2 Å². The third-order valence-corrected chi connectivity index (χ3v) is 4.60. The standard InChI is InChI=1S/C21H18FN3O3/c1-28-17-7-2-4-14(10-17)12-24-8-9-25-20(21(24)27)18(13-26)19(23-25)15-5-3-6-16(22)11-15/h2-11,26H,12-13H2,1H3. The number of aromatic nitrogens is 3. The van der Waals surface area contributed by atoms with Crippen molar-refractivity contribution in [2.45, 2.75) is 13.2 Å². The van der Waals surface area contributed by atoms with Crippen molar-refractivity contribution >= 4 is 5.52 Å². The predicted octanol–water partition coefficient (Wildman–Crippen LogP) is 2.85. The number of ether oxygens (including phenoxy) is 1. The van der Waals surface area contributed by atoms with Crippen LogP contribution in [0.5, 0.6) is 5.75 Å². The molecule has 0 aliphatic rings. The van der Waals surface area contributed by atoms with Crippen molar-refractivity contribution in [3.63, 3.8) is 0 Å². The largest absolute Gasteiger partial charge is 0.497 e. The molecule has 0 aliphatic heterocycles. The topological polar surface area (TPSA) is 68.8 Å². The van der Waals surface area contributed by atoms with E-state index < -0.39 is 5.82 Å². The summed E-state index contributed by atoms with van der Waals surface area (Å²) in [4.78, 5) is 13.1. The Kier molecular flexibility index (Phi) is 4.67. The Bertz CT molecular complexity index is 1210. The van der Waals surface area contributed by atoms with Gasteiger partial charge in [0.25, 0.3) is 5.56 Å². The highest BCUT2D eigenvalue weighted by Gasteiger charge is 2.18. The van der Waals surface area contributed by atoms with Crippen LogP contribution >= 0.6 is 0 Å². The molecule has 0 spiro atoms. The van der Waals surface area contributed by atoms with Crippen molar-refractivity contribution in [3.05, 3.63) is 88.2 Å². The molecule has 0 radical (unpaired) electrons. The second-order valence-corrected chi connectivity index (χ2v) is 6.37. The second kappa shape index (κ2) is 7.28. The van der Waals surface area contributed by atoms with E-state index in [1.165, 1.54) is 16.6 Å². The van der Waals surface area contributed by atoms with E-state index in [1.807, 2.05) is 24.3 Å². The summed E-state index contributed by atoms with van der Waals surface area (Å²) in [6.07, 6.45) is 3.29. The fourth-order valence-electron chi connectivity index (χ4n) is 3.26. The van der Waals surface area contributed by atoms with Crippen LogP contribution in [0.3, 0.4) is 0 Å². The zero-order chi connectivity index (χ0) is 19.7. The summed E-state index contributed by atoms with van der Waals surface area (Å²) in [7, 11) is 1.59. The maximum Gasteiger partial charge on any atom is 0.277 e. The quantitative estimate of drug-likeness (QED) is 0.579. The molecule has 2 aromatic carbocycles. The van der Waals surface area contributed by atoms with E-state index in [-0.39, 0.29) is 17.7 Å². The Labute approximate surface area is 160 Å². The summed E-state index contributed by atoms with van der Waals surface area (Å²) in [5, 5.41) is 14.3. The van der Waals surface area contributed by atoms with Gasteiger partial charge in [0, 0.05) is 23.5 Å². The monoisotopic (exact) mass is 379 g/mol. The number of hydrogen-bond donors (Lipinski definition) is 1. The molecule has 6 nitrogen and oxygen atoms in total. The highest BCUT2D eigenvalue weighted by molar-refractivity contribution is 5.72. The van der Waals surface area contributed by atoms with E-state index in [0.717, 1.165) is 5.56 Å². The lowest BCUT2D eigenvalue weighted by molar-refractivity contribution is 0.283. The van der Waals surface area contributed by atoms with Crippen LogP contribution in [0.15, 0.2) is 65.7 Å². The van der Waals surface area contributed by atoms with E-state index in [2.05, 4.69) is 5.10 Å². The molecular formula is C21H18FN3O3. The number of benzene rings is 2. The summed E-state index contributed by atoms with van der Waals surface area (Å²) in [5.74, 6) is 0.300. The van der Waals surface area contributed by atoms with Crippen LogP contribution < -0.4 is 10.3 Å². The fraction of sp³-hybridized carbons (Fsp3) is 0.143. The van der Waals surface area contributed by atoms with Gasteiger partial charge in [-0.2, -0.15) is 5.10 Å². The molecule has 142 valence electrons. The number of methoxy groups -OCH3 is 1. The van der Waals surface area contributed by atoms with E-state index in [4.69, 9.17) is 4.74 Å². The maximum atomic E-state index is 13.6. The SMILES string of the molecule is COc1cccc(Cn2ccn3nc(-c4cccc(F)c4)c(CO)c3c2=O)c1. The van der Waals surface area contributed by atoms with Gasteiger partial charge in [-0.25, -0.2) is 8.91 Å². The van der Waals surface area contributed by atoms with Crippen LogP contribution in [0.25, 0.3) is 16.8 Å². The van der Waals surface area contributed by atoms with Gasteiger partial charge in [-0.15, -0.1) is 0 Å². The molecular weight excluding hydrogens is 361 g/mol. The number of halogens is 1. The molecule has 0 fully saturated rings. The Hall–Kier alpha value is -3.45. The molecule has 0 bridgehead atoms. The molecule has 0 unspecified atom stereocenters. The number of nitrogens with zero attached hydrogens (tertiary/aromatic N) is 3. The van der Waals surface area contributed by atoms with Crippen molar-refractivity contribution in [1.29, 1.82) is 0 Å². The molecule has 0 saturated carbocycles. The Balaban J connectivity index is 1.83. The third kappa shape index (κ3) is 3.16. The summed E-state index contributed by atoms with van der Waals surface area (Å²) in [5.41, 5.74) is 2.15. The van der Waals surface area contributed by atoms with E-state index in [1.54, 1.807) is 36.2 Å². The molecule has 0 saturated heterocycles. The molecule has 7 heteroatoms. The number of aliphatic hydroxyl groups is 1. The molecule has 4 aromatic rings. The number of hydrogen-bond acceptors (Lipinski definition) is 4. The van der Waals surface area contributed by atoms with Gasteiger partial charge in [0.1, 0.15) is 17.1 Å². The highest BCUT2D eigenvalue weighted by atomic mass is 19.1. The molecule has 2 heterocycles. The minimum Gasteiger partial charge on any atom is -0.497 e. The highest BCUT2D eigenvalue weighted by Crippen LogP contribution is 2.25. The Morgan fingerprint density at radius 1 is 1.14 bits per heavy atom. The smallest absolute Gasteiger partial charge is 0.277 e. The van der Waals surface area contributed by atoms with Crippen LogP contribution in [0.2, 0.25) is 0 Å².